The van der Waals surface area contributed by atoms with Crippen molar-refractivity contribution >= 4 is 17.5 Å². The Morgan fingerprint density at radius 3 is 2.63 bits per heavy atom. The predicted molar refractivity (Wildman–Crippen MR) is 104 cm³/mol. The molecule has 0 aromatic heterocycles. The molecule has 0 radical (unpaired) electrons. The van der Waals surface area contributed by atoms with Crippen molar-refractivity contribution in [2.75, 3.05) is 7.11 Å². The number of hydrogen-bond donors (Lipinski definition) is 2. The first-order chi connectivity index (χ1) is 14.3. The van der Waals surface area contributed by atoms with E-state index >= 15 is 0 Å². The molecule has 2 fully saturated rings. The quantitative estimate of drug-likeness (QED) is 0.310. The van der Waals surface area contributed by atoms with Crippen LogP contribution in [-0.4, -0.2) is 59.3 Å². The number of nitrogens with one attached hydrogen (secondary N) is 1. The van der Waals surface area contributed by atoms with Crippen molar-refractivity contribution < 1.29 is 33.7 Å². The molecule has 30 heavy (non-hydrogen) atoms. The maximum atomic E-state index is 13.2. The van der Waals surface area contributed by atoms with Crippen LogP contribution < -0.4 is 5.32 Å². The summed E-state index contributed by atoms with van der Waals surface area (Å²) in [5.74, 6) is -2.13. The highest BCUT2D eigenvalue weighted by Crippen LogP contribution is 2.47. The van der Waals surface area contributed by atoms with Crippen molar-refractivity contribution in [2.45, 2.75) is 49.9 Å². The third-order valence-electron chi connectivity index (χ3n) is 5.77. The molecule has 1 aromatic carbocycles. The highest BCUT2D eigenvalue weighted by molar-refractivity contribution is 6.23. The molecule has 2 N–H and O–H groups in total. The first-order valence-corrected chi connectivity index (χ1v) is 9.75. The number of methoxy groups -OCH3 is 1. The lowest BCUT2D eigenvalue weighted by Gasteiger charge is -2.32. The van der Waals surface area contributed by atoms with E-state index in [1.807, 2.05) is 19.1 Å². The minimum atomic E-state index is -2.30. The van der Waals surface area contributed by atoms with Gasteiger partial charge in [-0.3, -0.25) is 14.4 Å². The summed E-state index contributed by atoms with van der Waals surface area (Å²) in [6, 6.07) is 8.07. The molecule has 3 aliphatic heterocycles. The van der Waals surface area contributed by atoms with Crippen LogP contribution in [0.3, 0.4) is 0 Å². The minimum Gasteiger partial charge on any atom is -0.467 e. The number of hydrogen-bond acceptors (Lipinski definition) is 7. The highest BCUT2D eigenvalue weighted by atomic mass is 16.6. The van der Waals surface area contributed by atoms with E-state index in [1.165, 1.54) is 26.2 Å². The fourth-order valence-electron chi connectivity index (χ4n) is 4.02. The van der Waals surface area contributed by atoms with E-state index in [1.54, 1.807) is 18.2 Å². The van der Waals surface area contributed by atoms with Gasteiger partial charge < -0.3 is 24.6 Å². The van der Waals surface area contributed by atoms with Crippen molar-refractivity contribution in [1.29, 1.82) is 0 Å². The topological polar surface area (TPSA) is 114 Å². The summed E-state index contributed by atoms with van der Waals surface area (Å²) in [4.78, 5) is 39.3. The standard InChI is InChI=1S/C22H23NO7/c1-4-5-11-14-16(29-14)15-12(2)17(24)21(30-15)19(26)22(28-3,23-20(21)27)18(25)13-9-7-6-8-10-13/h5-11,14,16,19,26H,4H2,1-3H3,(H,23,27)/b11-5-/t14-,16+,19-,21-,22-/m1/s1. The second kappa shape index (κ2) is 7.16. The van der Waals surface area contributed by atoms with Crippen molar-refractivity contribution in [3.05, 3.63) is 59.4 Å². The third kappa shape index (κ3) is 2.68. The number of epoxide rings is 1. The molecule has 2 saturated heterocycles. The molecular formula is C22H23NO7. The number of ketones is 2. The second-order valence-corrected chi connectivity index (χ2v) is 7.51. The van der Waals surface area contributed by atoms with Gasteiger partial charge in [-0.25, -0.2) is 0 Å². The van der Waals surface area contributed by atoms with Gasteiger partial charge in [0, 0.05) is 18.2 Å². The number of ether oxygens (including phenoxy) is 3. The van der Waals surface area contributed by atoms with E-state index in [9.17, 15) is 19.5 Å². The van der Waals surface area contributed by atoms with Crippen LogP contribution in [0.1, 0.15) is 30.6 Å². The van der Waals surface area contributed by atoms with Gasteiger partial charge in [0.1, 0.15) is 18.0 Å². The number of rotatable bonds is 6. The van der Waals surface area contributed by atoms with Crippen LogP contribution in [0.25, 0.3) is 0 Å². The molecule has 0 bridgehead atoms. The van der Waals surface area contributed by atoms with Gasteiger partial charge in [-0.1, -0.05) is 49.4 Å². The minimum absolute atomic E-state index is 0.181. The van der Waals surface area contributed by atoms with Crippen molar-refractivity contribution in [1.82, 2.24) is 5.32 Å². The number of aliphatic hydroxyl groups excluding tert-OH is 1. The highest BCUT2D eigenvalue weighted by Gasteiger charge is 2.74. The molecular weight excluding hydrogens is 390 g/mol. The zero-order chi connectivity index (χ0) is 21.7. The Hall–Kier alpha value is -2.81. The molecule has 8 nitrogen and oxygen atoms in total. The van der Waals surface area contributed by atoms with Gasteiger partial charge in [0.05, 0.1) is 0 Å². The second-order valence-electron chi connectivity index (χ2n) is 7.51. The summed E-state index contributed by atoms with van der Waals surface area (Å²) in [6.45, 7) is 3.50. The number of benzene rings is 1. The molecule has 1 spiro atoms. The third-order valence-corrected chi connectivity index (χ3v) is 5.77. The molecule has 8 heteroatoms. The molecule has 4 rings (SSSR count). The summed E-state index contributed by atoms with van der Waals surface area (Å²) < 4.78 is 16.7. The maximum Gasteiger partial charge on any atom is 0.278 e. The first-order valence-electron chi connectivity index (χ1n) is 9.75. The van der Waals surface area contributed by atoms with Crippen LogP contribution in [0.5, 0.6) is 0 Å². The van der Waals surface area contributed by atoms with Gasteiger partial charge in [0.25, 0.3) is 11.5 Å². The number of aliphatic hydroxyl groups is 1. The average Bonchev–Trinajstić information content (AvgIpc) is 3.44. The van der Waals surface area contributed by atoms with Crippen molar-refractivity contribution in [3.63, 3.8) is 0 Å². The van der Waals surface area contributed by atoms with Crippen LogP contribution in [0.2, 0.25) is 0 Å². The SMILES string of the molecule is CC/C=C\[C@H]1O[C@@H]1C1=C(C)C(=O)[C@]2(O1)C(=O)N[C@@](OC)(C(=O)c1ccccc1)[C@@H]2O. The molecule has 0 aliphatic carbocycles. The fourth-order valence-corrected chi connectivity index (χ4v) is 4.02. The zero-order valence-corrected chi connectivity index (χ0v) is 16.9. The number of allylic oxidation sites excluding steroid dienone is 1. The number of amides is 1. The van der Waals surface area contributed by atoms with Crippen molar-refractivity contribution in [2.24, 2.45) is 0 Å². The summed E-state index contributed by atoms with van der Waals surface area (Å²) in [5.41, 5.74) is -4.07. The maximum absolute atomic E-state index is 13.2. The Labute approximate surface area is 173 Å². The first kappa shape index (κ1) is 20.5. The smallest absolute Gasteiger partial charge is 0.278 e. The van der Waals surface area contributed by atoms with Crippen LogP contribution in [-0.2, 0) is 23.8 Å². The van der Waals surface area contributed by atoms with Gasteiger partial charge >= 0.3 is 0 Å². The lowest BCUT2D eigenvalue weighted by molar-refractivity contribution is -0.160. The predicted octanol–water partition coefficient (Wildman–Crippen LogP) is 1.05. The summed E-state index contributed by atoms with van der Waals surface area (Å²) >= 11 is 0. The molecule has 5 atom stereocenters. The Kier molecular flexibility index (Phi) is 4.88. The van der Waals surface area contributed by atoms with Gasteiger partial charge in [-0.05, 0) is 13.3 Å². The normalized spacial score (nSPS) is 35.3. The van der Waals surface area contributed by atoms with E-state index in [2.05, 4.69) is 5.32 Å². The molecule has 3 aliphatic rings. The fraction of sp³-hybridized carbons (Fsp3) is 0.409. The van der Waals surface area contributed by atoms with E-state index in [4.69, 9.17) is 14.2 Å². The largest absolute Gasteiger partial charge is 0.467 e. The number of carbonyl (C=O) groups is 3. The zero-order valence-electron chi connectivity index (χ0n) is 16.9. The summed E-state index contributed by atoms with van der Waals surface area (Å²) in [6.07, 6.45) is 1.92. The molecule has 3 heterocycles. The van der Waals surface area contributed by atoms with Crippen LogP contribution in [0.15, 0.2) is 53.8 Å². The van der Waals surface area contributed by atoms with Gasteiger partial charge in [-0.2, -0.15) is 0 Å². The van der Waals surface area contributed by atoms with Crippen LogP contribution in [0, 0.1) is 0 Å². The van der Waals surface area contributed by atoms with E-state index < -0.39 is 41.0 Å². The Morgan fingerprint density at radius 1 is 1.30 bits per heavy atom. The Balaban J connectivity index is 1.67. The van der Waals surface area contributed by atoms with Gasteiger partial charge in [0.15, 0.2) is 6.10 Å². The van der Waals surface area contributed by atoms with E-state index in [0.29, 0.717) is 0 Å². The van der Waals surface area contributed by atoms with Gasteiger partial charge in [0.2, 0.25) is 17.3 Å². The van der Waals surface area contributed by atoms with E-state index in [-0.39, 0.29) is 23.0 Å². The van der Waals surface area contributed by atoms with Crippen LogP contribution in [0.4, 0.5) is 0 Å². The average molecular weight is 413 g/mol. The van der Waals surface area contributed by atoms with Crippen LogP contribution >= 0.6 is 0 Å². The molecule has 1 aromatic rings. The molecule has 0 unspecified atom stereocenters. The number of carbonyl (C=O) groups excluding carboxylic acids is 3. The Morgan fingerprint density at radius 2 is 2.00 bits per heavy atom. The lowest BCUT2D eigenvalue weighted by Crippen LogP contribution is -2.60. The molecule has 1 amide bonds. The monoisotopic (exact) mass is 413 g/mol. The van der Waals surface area contributed by atoms with Gasteiger partial charge in [-0.15, -0.1) is 0 Å². The Bertz CT molecular complexity index is 969. The van der Waals surface area contributed by atoms with E-state index in [0.717, 1.165) is 6.42 Å². The number of Topliss-reactive ketones (excluding diaryl/α,β-unsaturated/α-hetero) is 2. The summed E-state index contributed by atoms with van der Waals surface area (Å²) in [5, 5.41) is 13.5. The lowest BCUT2D eigenvalue weighted by atomic mass is 9.85. The molecule has 158 valence electrons. The molecule has 0 saturated carbocycles. The summed E-state index contributed by atoms with van der Waals surface area (Å²) in [7, 11) is 1.18. The van der Waals surface area contributed by atoms with Crippen molar-refractivity contribution in [3.8, 4) is 0 Å².